The van der Waals surface area contributed by atoms with Gasteiger partial charge in [-0.05, 0) is 36.8 Å². The molecular formula is C15H18N4O2S. The normalized spacial score (nSPS) is 19.1. The molecule has 0 spiro atoms. The lowest BCUT2D eigenvalue weighted by molar-refractivity contribution is 0.132. The van der Waals surface area contributed by atoms with Gasteiger partial charge in [0.25, 0.3) is 0 Å². The molecule has 0 aliphatic carbocycles. The number of nitrogens with zero attached hydrogens (tertiary/aromatic N) is 3. The van der Waals surface area contributed by atoms with Crippen molar-refractivity contribution in [3.8, 4) is 0 Å². The average Bonchev–Trinajstić information content (AvgIpc) is 3.19. The molecule has 1 fully saturated rings. The van der Waals surface area contributed by atoms with Crippen molar-refractivity contribution < 1.29 is 9.90 Å². The highest BCUT2D eigenvalue weighted by Gasteiger charge is 2.31. The molecule has 2 atom stereocenters. The SMILES string of the molecule is O=C(Nc1ccncn1)N1CCC[C@H]1C[C@H](O)c1cccs1. The smallest absolute Gasteiger partial charge is 0.323 e. The standard InChI is InChI=1S/C15H18N4O2S/c20-12(13-4-2-8-22-13)9-11-3-1-7-19(11)15(21)18-14-5-6-16-10-17-14/h2,4-6,8,10-12,20H,1,3,7,9H2,(H,16,17,18,21)/t11-,12-/m0/s1. The summed E-state index contributed by atoms with van der Waals surface area (Å²) >= 11 is 1.54. The lowest BCUT2D eigenvalue weighted by Crippen LogP contribution is -2.39. The fourth-order valence-corrected chi connectivity index (χ4v) is 3.47. The first-order valence-corrected chi connectivity index (χ1v) is 8.17. The minimum atomic E-state index is -0.516. The zero-order chi connectivity index (χ0) is 15.4. The van der Waals surface area contributed by atoms with Crippen molar-refractivity contribution in [3.05, 3.63) is 41.0 Å². The zero-order valence-corrected chi connectivity index (χ0v) is 12.9. The van der Waals surface area contributed by atoms with Gasteiger partial charge >= 0.3 is 6.03 Å². The Morgan fingerprint density at radius 2 is 2.45 bits per heavy atom. The van der Waals surface area contributed by atoms with Crippen molar-refractivity contribution in [1.29, 1.82) is 0 Å². The van der Waals surface area contributed by atoms with Gasteiger partial charge in [-0.3, -0.25) is 5.32 Å². The van der Waals surface area contributed by atoms with Crippen molar-refractivity contribution in [1.82, 2.24) is 14.9 Å². The number of amides is 2. The van der Waals surface area contributed by atoms with Crippen molar-refractivity contribution in [2.24, 2.45) is 0 Å². The van der Waals surface area contributed by atoms with Gasteiger partial charge in [0, 0.05) is 23.7 Å². The number of urea groups is 1. The Hall–Kier alpha value is -1.99. The first-order valence-electron chi connectivity index (χ1n) is 7.29. The largest absolute Gasteiger partial charge is 0.387 e. The molecule has 2 aromatic heterocycles. The second-order valence-electron chi connectivity index (χ2n) is 5.28. The van der Waals surface area contributed by atoms with Crippen LogP contribution in [-0.4, -0.2) is 38.6 Å². The summed E-state index contributed by atoms with van der Waals surface area (Å²) in [5, 5.41) is 15.0. The number of carbonyl (C=O) groups is 1. The second kappa shape index (κ2) is 6.85. The van der Waals surface area contributed by atoms with Crippen LogP contribution in [0.15, 0.2) is 36.1 Å². The third kappa shape index (κ3) is 3.42. The van der Waals surface area contributed by atoms with E-state index < -0.39 is 6.10 Å². The molecule has 1 aliphatic heterocycles. The van der Waals surface area contributed by atoms with Crippen LogP contribution < -0.4 is 5.32 Å². The quantitative estimate of drug-likeness (QED) is 0.908. The van der Waals surface area contributed by atoms with Gasteiger partial charge in [0.15, 0.2) is 0 Å². The molecule has 0 radical (unpaired) electrons. The van der Waals surface area contributed by atoms with Crippen LogP contribution in [0.4, 0.5) is 10.6 Å². The summed E-state index contributed by atoms with van der Waals surface area (Å²) < 4.78 is 0. The molecule has 0 saturated carbocycles. The van der Waals surface area contributed by atoms with Gasteiger partial charge in [0.1, 0.15) is 12.1 Å². The minimum Gasteiger partial charge on any atom is -0.387 e. The summed E-state index contributed by atoms with van der Waals surface area (Å²) in [5.74, 6) is 0.490. The van der Waals surface area contributed by atoms with Crippen LogP contribution in [0.2, 0.25) is 0 Å². The number of aromatic nitrogens is 2. The average molecular weight is 318 g/mol. The minimum absolute atomic E-state index is 0.0546. The predicted molar refractivity (Wildman–Crippen MR) is 84.7 cm³/mol. The van der Waals surface area contributed by atoms with E-state index in [0.29, 0.717) is 18.8 Å². The van der Waals surface area contributed by atoms with E-state index in [0.717, 1.165) is 17.7 Å². The molecule has 7 heteroatoms. The lowest BCUT2D eigenvalue weighted by Gasteiger charge is -2.26. The summed E-state index contributed by atoms with van der Waals surface area (Å²) in [6.07, 6.45) is 4.91. The molecule has 1 saturated heterocycles. The third-order valence-corrected chi connectivity index (χ3v) is 4.80. The van der Waals surface area contributed by atoms with Gasteiger partial charge in [-0.15, -0.1) is 11.3 Å². The molecule has 2 amide bonds. The van der Waals surface area contributed by atoms with Crippen LogP contribution in [0.1, 0.15) is 30.2 Å². The fraction of sp³-hybridized carbons (Fsp3) is 0.400. The van der Waals surface area contributed by atoms with Crippen LogP contribution >= 0.6 is 11.3 Å². The molecule has 2 aromatic rings. The van der Waals surface area contributed by atoms with E-state index in [1.165, 1.54) is 6.33 Å². The number of rotatable bonds is 4. The summed E-state index contributed by atoms with van der Waals surface area (Å²) in [4.78, 5) is 22.9. The molecular weight excluding hydrogens is 300 g/mol. The van der Waals surface area contributed by atoms with Gasteiger partial charge < -0.3 is 10.0 Å². The van der Waals surface area contributed by atoms with E-state index in [1.807, 2.05) is 17.5 Å². The van der Waals surface area contributed by atoms with Gasteiger partial charge in [0.05, 0.1) is 6.10 Å². The first kappa shape index (κ1) is 14.9. The number of anilines is 1. The van der Waals surface area contributed by atoms with Crippen LogP contribution in [0.25, 0.3) is 0 Å². The summed E-state index contributed by atoms with van der Waals surface area (Å²) in [7, 11) is 0. The van der Waals surface area contributed by atoms with E-state index in [1.54, 1.807) is 28.5 Å². The highest BCUT2D eigenvalue weighted by molar-refractivity contribution is 7.10. The Morgan fingerprint density at radius 3 is 3.18 bits per heavy atom. The first-order chi connectivity index (χ1) is 10.7. The monoisotopic (exact) mass is 318 g/mol. The Balaban J connectivity index is 1.61. The highest BCUT2D eigenvalue weighted by atomic mass is 32.1. The topological polar surface area (TPSA) is 78.4 Å². The number of hydrogen-bond donors (Lipinski definition) is 2. The molecule has 0 aromatic carbocycles. The molecule has 22 heavy (non-hydrogen) atoms. The zero-order valence-electron chi connectivity index (χ0n) is 12.1. The molecule has 0 unspecified atom stereocenters. The van der Waals surface area contributed by atoms with Crippen LogP contribution in [0, 0.1) is 0 Å². The van der Waals surface area contributed by atoms with Gasteiger partial charge in [-0.25, -0.2) is 14.8 Å². The summed E-state index contributed by atoms with van der Waals surface area (Å²) in [5.41, 5.74) is 0. The summed E-state index contributed by atoms with van der Waals surface area (Å²) in [6, 6.07) is 5.40. The Bertz CT molecular complexity index is 605. The summed E-state index contributed by atoms with van der Waals surface area (Å²) in [6.45, 7) is 0.707. The molecule has 3 rings (SSSR count). The van der Waals surface area contributed by atoms with Crippen LogP contribution in [-0.2, 0) is 0 Å². The maximum Gasteiger partial charge on any atom is 0.323 e. The number of aliphatic hydroxyl groups is 1. The number of hydrogen-bond acceptors (Lipinski definition) is 5. The number of carbonyl (C=O) groups excluding carboxylic acids is 1. The van der Waals surface area contributed by atoms with Gasteiger partial charge in [-0.2, -0.15) is 0 Å². The molecule has 0 bridgehead atoms. The van der Waals surface area contributed by atoms with Crippen molar-refractivity contribution in [2.75, 3.05) is 11.9 Å². The van der Waals surface area contributed by atoms with E-state index in [2.05, 4.69) is 15.3 Å². The van der Waals surface area contributed by atoms with E-state index in [-0.39, 0.29) is 12.1 Å². The number of thiophene rings is 1. The molecule has 3 heterocycles. The molecule has 1 aliphatic rings. The van der Waals surface area contributed by atoms with Crippen LogP contribution in [0.5, 0.6) is 0 Å². The number of likely N-dealkylation sites (tertiary alicyclic amines) is 1. The van der Waals surface area contributed by atoms with Gasteiger partial charge in [-0.1, -0.05) is 6.07 Å². The van der Waals surface area contributed by atoms with Crippen molar-refractivity contribution in [2.45, 2.75) is 31.4 Å². The van der Waals surface area contributed by atoms with E-state index in [4.69, 9.17) is 0 Å². The Morgan fingerprint density at radius 1 is 1.55 bits per heavy atom. The van der Waals surface area contributed by atoms with E-state index in [9.17, 15) is 9.90 Å². The van der Waals surface area contributed by atoms with E-state index >= 15 is 0 Å². The second-order valence-corrected chi connectivity index (χ2v) is 6.26. The van der Waals surface area contributed by atoms with Crippen LogP contribution in [0.3, 0.4) is 0 Å². The predicted octanol–water partition coefficient (Wildman–Crippen LogP) is 2.66. The van der Waals surface area contributed by atoms with Crippen molar-refractivity contribution >= 4 is 23.2 Å². The lowest BCUT2D eigenvalue weighted by atomic mass is 10.1. The molecule has 116 valence electrons. The third-order valence-electron chi connectivity index (χ3n) is 3.82. The highest BCUT2D eigenvalue weighted by Crippen LogP contribution is 2.29. The van der Waals surface area contributed by atoms with Crippen molar-refractivity contribution in [3.63, 3.8) is 0 Å². The Labute approximate surface area is 132 Å². The number of aliphatic hydroxyl groups excluding tert-OH is 1. The number of nitrogens with one attached hydrogen (secondary N) is 1. The molecule has 2 N–H and O–H groups in total. The maximum absolute atomic E-state index is 12.4. The Kier molecular flexibility index (Phi) is 4.65. The maximum atomic E-state index is 12.4. The molecule has 6 nitrogen and oxygen atoms in total. The van der Waals surface area contributed by atoms with Gasteiger partial charge in [0.2, 0.25) is 0 Å². The fourth-order valence-electron chi connectivity index (χ4n) is 2.75.